The Morgan fingerprint density at radius 2 is 1.69 bits per heavy atom. The second-order valence-electron chi connectivity index (χ2n) is 9.90. The molecular formula is C28H26Cl2F3N5O. The molecule has 0 atom stereocenters. The van der Waals surface area contributed by atoms with Crippen LogP contribution in [0.3, 0.4) is 0 Å². The van der Waals surface area contributed by atoms with Gasteiger partial charge in [-0.05, 0) is 35.2 Å². The van der Waals surface area contributed by atoms with Gasteiger partial charge in [-0.15, -0.1) is 0 Å². The number of carbonyl (C=O) groups is 1. The summed E-state index contributed by atoms with van der Waals surface area (Å²) in [6, 6.07) is 13.6. The van der Waals surface area contributed by atoms with Gasteiger partial charge < -0.3 is 4.90 Å². The summed E-state index contributed by atoms with van der Waals surface area (Å²) < 4.78 is 42.8. The van der Waals surface area contributed by atoms with Crippen molar-refractivity contribution in [2.24, 2.45) is 0 Å². The molecule has 1 saturated heterocycles. The number of carbonyl (C=O) groups excluding carboxylic acids is 1. The minimum atomic E-state index is -4.69. The Morgan fingerprint density at radius 3 is 2.31 bits per heavy atom. The van der Waals surface area contributed by atoms with Crippen molar-refractivity contribution in [1.82, 2.24) is 24.4 Å². The lowest BCUT2D eigenvalue weighted by molar-refractivity contribution is -0.142. The molecule has 4 aromatic rings. The summed E-state index contributed by atoms with van der Waals surface area (Å²) >= 11 is 12.3. The van der Waals surface area contributed by atoms with E-state index in [9.17, 15) is 18.0 Å². The van der Waals surface area contributed by atoms with Crippen molar-refractivity contribution in [2.45, 2.75) is 32.5 Å². The van der Waals surface area contributed by atoms with Crippen molar-refractivity contribution in [1.29, 1.82) is 0 Å². The summed E-state index contributed by atoms with van der Waals surface area (Å²) in [4.78, 5) is 21.7. The third-order valence-electron chi connectivity index (χ3n) is 6.93. The Balaban J connectivity index is 1.40. The van der Waals surface area contributed by atoms with E-state index >= 15 is 0 Å². The van der Waals surface area contributed by atoms with Gasteiger partial charge in [0, 0.05) is 48.3 Å². The largest absolute Gasteiger partial charge is 0.433 e. The van der Waals surface area contributed by atoms with E-state index in [1.807, 2.05) is 32.0 Å². The highest BCUT2D eigenvalue weighted by molar-refractivity contribution is 6.35. The van der Waals surface area contributed by atoms with Crippen LogP contribution in [-0.4, -0.2) is 56.5 Å². The van der Waals surface area contributed by atoms with Crippen molar-refractivity contribution in [3.8, 4) is 11.3 Å². The Morgan fingerprint density at radius 1 is 1.00 bits per heavy atom. The van der Waals surface area contributed by atoms with Crippen LogP contribution in [0, 0.1) is 0 Å². The first-order chi connectivity index (χ1) is 18.5. The number of aromatic nitrogens is 3. The van der Waals surface area contributed by atoms with Crippen LogP contribution < -0.4 is 0 Å². The molecule has 0 saturated carbocycles. The molecule has 1 amide bonds. The third kappa shape index (κ3) is 5.76. The maximum absolute atomic E-state index is 14.0. The smallest absolute Gasteiger partial charge is 0.336 e. The molecule has 1 fully saturated rings. The third-order valence-corrected chi connectivity index (χ3v) is 7.52. The highest BCUT2D eigenvalue weighted by Crippen LogP contribution is 2.33. The monoisotopic (exact) mass is 575 g/mol. The van der Waals surface area contributed by atoms with E-state index in [0.717, 1.165) is 17.2 Å². The lowest BCUT2D eigenvalue weighted by atomic mass is 10.0. The SMILES string of the molecule is CC(C)c1ccc(-c2cc(C(F)(F)F)n3ncc(C(=O)N4CCN(Cc5ccc(Cl)cc5Cl)CC4)c3n2)cc1. The van der Waals surface area contributed by atoms with E-state index < -0.39 is 17.8 Å². The first kappa shape index (κ1) is 27.4. The van der Waals surface area contributed by atoms with Gasteiger partial charge in [0.1, 0.15) is 5.56 Å². The van der Waals surface area contributed by atoms with Gasteiger partial charge in [0.15, 0.2) is 11.3 Å². The molecule has 2 aromatic heterocycles. The molecule has 1 aliphatic rings. The Labute approximate surface area is 233 Å². The minimum absolute atomic E-state index is 0.0374. The highest BCUT2D eigenvalue weighted by atomic mass is 35.5. The summed E-state index contributed by atoms with van der Waals surface area (Å²) in [5.74, 6) is -0.120. The number of alkyl halides is 3. The minimum Gasteiger partial charge on any atom is -0.336 e. The van der Waals surface area contributed by atoms with E-state index in [0.29, 0.717) is 52.8 Å². The van der Waals surface area contributed by atoms with Crippen LogP contribution in [-0.2, 0) is 12.7 Å². The molecule has 11 heteroatoms. The van der Waals surface area contributed by atoms with E-state index in [4.69, 9.17) is 23.2 Å². The summed E-state index contributed by atoms with van der Waals surface area (Å²) in [7, 11) is 0. The molecule has 3 heterocycles. The second kappa shape index (κ2) is 10.8. The predicted molar refractivity (Wildman–Crippen MR) is 145 cm³/mol. The number of halogens is 5. The van der Waals surface area contributed by atoms with Crippen LogP contribution in [0.5, 0.6) is 0 Å². The van der Waals surface area contributed by atoms with Gasteiger partial charge >= 0.3 is 6.18 Å². The number of hydrogen-bond donors (Lipinski definition) is 0. The molecule has 0 radical (unpaired) electrons. The van der Waals surface area contributed by atoms with E-state index in [1.54, 1.807) is 29.2 Å². The first-order valence-corrected chi connectivity index (χ1v) is 13.3. The molecule has 1 aliphatic heterocycles. The molecular weight excluding hydrogens is 550 g/mol. The van der Waals surface area contributed by atoms with Crippen molar-refractivity contribution in [3.63, 3.8) is 0 Å². The molecule has 0 N–H and O–H groups in total. The van der Waals surface area contributed by atoms with Crippen molar-refractivity contribution in [2.75, 3.05) is 26.2 Å². The van der Waals surface area contributed by atoms with Crippen LogP contribution in [0.2, 0.25) is 10.0 Å². The molecule has 0 aliphatic carbocycles. The number of amides is 1. The number of rotatable bonds is 5. The van der Waals surface area contributed by atoms with Crippen molar-refractivity contribution >= 4 is 34.8 Å². The lowest BCUT2D eigenvalue weighted by Gasteiger charge is -2.34. The fourth-order valence-electron chi connectivity index (χ4n) is 4.67. The van der Waals surface area contributed by atoms with E-state index in [1.165, 1.54) is 6.20 Å². The molecule has 0 unspecified atom stereocenters. The normalized spacial score (nSPS) is 14.9. The van der Waals surface area contributed by atoms with Gasteiger partial charge in [-0.1, -0.05) is 67.4 Å². The fraction of sp³-hybridized carbons (Fsp3) is 0.321. The van der Waals surface area contributed by atoms with Crippen molar-refractivity contribution < 1.29 is 18.0 Å². The van der Waals surface area contributed by atoms with Crippen molar-refractivity contribution in [3.05, 3.63) is 87.2 Å². The highest BCUT2D eigenvalue weighted by Gasteiger charge is 2.36. The lowest BCUT2D eigenvalue weighted by Crippen LogP contribution is -2.48. The number of benzene rings is 2. The van der Waals surface area contributed by atoms with Crippen LogP contribution in [0.1, 0.15) is 46.9 Å². The summed E-state index contributed by atoms with van der Waals surface area (Å²) in [5.41, 5.74) is 1.59. The predicted octanol–water partition coefficient (Wildman–Crippen LogP) is 6.80. The van der Waals surface area contributed by atoms with Gasteiger partial charge in [0.25, 0.3) is 5.91 Å². The van der Waals surface area contributed by atoms with Gasteiger partial charge in [-0.2, -0.15) is 18.3 Å². The molecule has 6 nitrogen and oxygen atoms in total. The molecule has 0 bridgehead atoms. The quantitative estimate of drug-likeness (QED) is 0.262. The van der Waals surface area contributed by atoms with E-state index in [2.05, 4.69) is 15.0 Å². The maximum atomic E-state index is 14.0. The first-order valence-electron chi connectivity index (χ1n) is 12.5. The van der Waals surface area contributed by atoms with Gasteiger partial charge in [0.05, 0.1) is 11.9 Å². The average Bonchev–Trinajstić information content (AvgIpc) is 3.33. The fourth-order valence-corrected chi connectivity index (χ4v) is 5.14. The van der Waals surface area contributed by atoms with Crippen LogP contribution in [0.15, 0.2) is 54.7 Å². The van der Waals surface area contributed by atoms with Gasteiger partial charge in [-0.3, -0.25) is 9.69 Å². The molecule has 204 valence electrons. The number of piperazine rings is 1. The summed E-state index contributed by atoms with van der Waals surface area (Å²) in [6.45, 7) is 6.66. The molecule has 5 rings (SSSR count). The Hall–Kier alpha value is -3.14. The Kier molecular flexibility index (Phi) is 7.59. The van der Waals surface area contributed by atoms with Crippen LogP contribution in [0.25, 0.3) is 16.9 Å². The van der Waals surface area contributed by atoms with Gasteiger partial charge in [-0.25, -0.2) is 9.50 Å². The van der Waals surface area contributed by atoms with Gasteiger partial charge in [0.2, 0.25) is 0 Å². The zero-order valence-corrected chi connectivity index (χ0v) is 22.9. The standard InChI is InChI=1S/C28H26Cl2F3N5O/c1-17(2)18-3-5-19(6-4-18)24-14-25(28(31,32)33)38-26(35-24)22(15-34-38)27(39)37-11-9-36(10-12-37)16-20-7-8-21(29)13-23(20)30/h3-8,13-15,17H,9-12,16H2,1-2H3. The molecule has 39 heavy (non-hydrogen) atoms. The molecule has 2 aromatic carbocycles. The van der Waals surface area contributed by atoms with E-state index in [-0.39, 0.29) is 22.8 Å². The summed E-state index contributed by atoms with van der Waals surface area (Å²) in [6.07, 6.45) is -3.51. The average molecular weight is 576 g/mol. The Bertz CT molecular complexity index is 1510. The molecule has 0 spiro atoms. The van der Waals surface area contributed by atoms with Crippen LogP contribution >= 0.6 is 23.2 Å². The number of hydrogen-bond acceptors (Lipinski definition) is 4. The zero-order chi connectivity index (χ0) is 27.9. The zero-order valence-electron chi connectivity index (χ0n) is 21.3. The second-order valence-corrected chi connectivity index (χ2v) is 10.7. The number of nitrogens with zero attached hydrogens (tertiary/aromatic N) is 5. The summed E-state index contributed by atoms with van der Waals surface area (Å²) in [5, 5.41) is 5.05. The topological polar surface area (TPSA) is 53.7 Å². The van der Waals surface area contributed by atoms with Crippen LogP contribution in [0.4, 0.5) is 13.2 Å². The maximum Gasteiger partial charge on any atom is 0.433 e. The number of fused-ring (bicyclic) bond motifs is 1.